The third-order valence-electron chi connectivity index (χ3n) is 4.36. The van der Waals surface area contributed by atoms with Gasteiger partial charge in [0.05, 0.1) is 13.2 Å². The van der Waals surface area contributed by atoms with Gasteiger partial charge in [0, 0.05) is 25.5 Å². The molecule has 2 heterocycles. The molecule has 2 unspecified atom stereocenters. The lowest BCUT2D eigenvalue weighted by Crippen LogP contribution is -2.37. The molecule has 0 saturated carbocycles. The number of likely N-dealkylation sites (tertiary alicyclic amines) is 1. The first-order valence-electron chi connectivity index (χ1n) is 7.59. The van der Waals surface area contributed by atoms with Crippen LogP contribution in [-0.2, 0) is 14.3 Å². The zero-order chi connectivity index (χ0) is 13.7. The monoisotopic (exact) mass is 267 g/mol. The van der Waals surface area contributed by atoms with Crippen LogP contribution in [0.2, 0.25) is 0 Å². The topological polar surface area (TPSA) is 46.6 Å². The molecule has 2 fully saturated rings. The Morgan fingerprint density at radius 1 is 1.37 bits per heavy atom. The molecule has 4 nitrogen and oxygen atoms in total. The standard InChI is InChI=1S/C15H25NO3/c1-2-3-12-4-5-15(18)16(8-6-12)10-14(17)13-7-9-19-11-13/h12-13H,2-11H2,1H3. The molecule has 2 aliphatic rings. The summed E-state index contributed by atoms with van der Waals surface area (Å²) < 4.78 is 5.24. The van der Waals surface area contributed by atoms with Gasteiger partial charge >= 0.3 is 0 Å². The quantitative estimate of drug-likeness (QED) is 0.765. The molecule has 0 aromatic carbocycles. The van der Waals surface area contributed by atoms with Crippen molar-refractivity contribution in [2.24, 2.45) is 11.8 Å². The van der Waals surface area contributed by atoms with E-state index in [1.165, 1.54) is 12.8 Å². The average molecular weight is 267 g/mol. The Bertz CT molecular complexity index is 323. The van der Waals surface area contributed by atoms with Crippen molar-refractivity contribution in [3.05, 3.63) is 0 Å². The van der Waals surface area contributed by atoms with Crippen molar-refractivity contribution in [3.8, 4) is 0 Å². The molecule has 2 rings (SSSR count). The van der Waals surface area contributed by atoms with Crippen molar-refractivity contribution in [2.45, 2.75) is 45.4 Å². The summed E-state index contributed by atoms with van der Waals surface area (Å²) in [5, 5.41) is 0. The Labute approximate surface area is 115 Å². The summed E-state index contributed by atoms with van der Waals surface area (Å²) >= 11 is 0. The van der Waals surface area contributed by atoms with Crippen molar-refractivity contribution in [2.75, 3.05) is 26.3 Å². The van der Waals surface area contributed by atoms with Crippen LogP contribution < -0.4 is 0 Å². The van der Waals surface area contributed by atoms with Crippen LogP contribution >= 0.6 is 0 Å². The molecule has 0 bridgehead atoms. The number of hydrogen-bond acceptors (Lipinski definition) is 3. The summed E-state index contributed by atoms with van der Waals surface area (Å²) in [6.45, 7) is 4.46. The van der Waals surface area contributed by atoms with Crippen LogP contribution in [0.5, 0.6) is 0 Å². The zero-order valence-electron chi connectivity index (χ0n) is 11.9. The van der Waals surface area contributed by atoms with Crippen LogP contribution in [0.4, 0.5) is 0 Å². The van der Waals surface area contributed by atoms with E-state index in [0.29, 0.717) is 32.1 Å². The van der Waals surface area contributed by atoms with Crippen LogP contribution in [0.25, 0.3) is 0 Å². The molecule has 0 aromatic heterocycles. The summed E-state index contributed by atoms with van der Waals surface area (Å²) in [5.74, 6) is 1.01. The van der Waals surface area contributed by atoms with E-state index < -0.39 is 0 Å². The maximum Gasteiger partial charge on any atom is 0.222 e. The van der Waals surface area contributed by atoms with Crippen LogP contribution in [0.15, 0.2) is 0 Å². The third kappa shape index (κ3) is 4.03. The summed E-state index contributed by atoms with van der Waals surface area (Å²) in [7, 11) is 0. The van der Waals surface area contributed by atoms with E-state index in [4.69, 9.17) is 4.74 Å². The number of rotatable bonds is 5. The number of ether oxygens (including phenoxy) is 1. The summed E-state index contributed by atoms with van der Waals surface area (Å²) in [6.07, 6.45) is 5.85. The molecule has 0 N–H and O–H groups in total. The van der Waals surface area contributed by atoms with E-state index in [-0.39, 0.29) is 17.6 Å². The van der Waals surface area contributed by atoms with Gasteiger partial charge in [-0.25, -0.2) is 0 Å². The largest absolute Gasteiger partial charge is 0.381 e. The molecular weight excluding hydrogens is 242 g/mol. The fraction of sp³-hybridized carbons (Fsp3) is 0.867. The molecular formula is C15H25NO3. The van der Waals surface area contributed by atoms with Gasteiger partial charge in [-0.1, -0.05) is 19.8 Å². The fourth-order valence-electron chi connectivity index (χ4n) is 3.06. The SMILES string of the molecule is CCCC1CCC(=O)N(CC(=O)C2CCOC2)CC1. The van der Waals surface area contributed by atoms with Crippen molar-refractivity contribution in [1.82, 2.24) is 4.90 Å². The van der Waals surface area contributed by atoms with E-state index in [9.17, 15) is 9.59 Å². The minimum Gasteiger partial charge on any atom is -0.381 e. The van der Waals surface area contributed by atoms with Crippen molar-refractivity contribution < 1.29 is 14.3 Å². The van der Waals surface area contributed by atoms with Crippen LogP contribution in [-0.4, -0.2) is 42.9 Å². The molecule has 108 valence electrons. The second-order valence-electron chi connectivity index (χ2n) is 5.82. The van der Waals surface area contributed by atoms with Gasteiger partial charge in [0.2, 0.25) is 5.91 Å². The number of nitrogens with zero attached hydrogens (tertiary/aromatic N) is 1. The lowest BCUT2D eigenvalue weighted by Gasteiger charge is -2.21. The fourth-order valence-corrected chi connectivity index (χ4v) is 3.06. The highest BCUT2D eigenvalue weighted by molar-refractivity contribution is 5.88. The zero-order valence-corrected chi connectivity index (χ0v) is 11.9. The second kappa shape index (κ2) is 7.04. The van der Waals surface area contributed by atoms with Crippen molar-refractivity contribution in [3.63, 3.8) is 0 Å². The highest BCUT2D eigenvalue weighted by Crippen LogP contribution is 2.23. The molecule has 0 radical (unpaired) electrons. The lowest BCUT2D eigenvalue weighted by molar-refractivity contribution is -0.136. The minimum atomic E-state index is 0.0162. The number of Topliss-reactive ketones (excluding diaryl/α,β-unsaturated/α-hetero) is 1. The molecule has 2 atom stereocenters. The predicted molar refractivity (Wildman–Crippen MR) is 72.8 cm³/mol. The summed E-state index contributed by atoms with van der Waals surface area (Å²) in [4.78, 5) is 25.9. The van der Waals surface area contributed by atoms with Gasteiger partial charge in [-0.15, -0.1) is 0 Å². The highest BCUT2D eigenvalue weighted by Gasteiger charge is 2.28. The first kappa shape index (κ1) is 14.5. The maximum absolute atomic E-state index is 12.1. The molecule has 0 spiro atoms. The van der Waals surface area contributed by atoms with E-state index in [1.807, 2.05) is 0 Å². The van der Waals surface area contributed by atoms with Gasteiger partial charge in [-0.3, -0.25) is 9.59 Å². The van der Waals surface area contributed by atoms with Crippen LogP contribution in [0, 0.1) is 11.8 Å². The van der Waals surface area contributed by atoms with Gasteiger partial charge in [0.25, 0.3) is 0 Å². The Balaban J connectivity index is 1.84. The Kier molecular flexibility index (Phi) is 5.37. The minimum absolute atomic E-state index is 0.0162. The molecule has 4 heteroatoms. The third-order valence-corrected chi connectivity index (χ3v) is 4.36. The van der Waals surface area contributed by atoms with Gasteiger partial charge in [0.15, 0.2) is 5.78 Å². The van der Waals surface area contributed by atoms with E-state index in [0.717, 1.165) is 25.8 Å². The second-order valence-corrected chi connectivity index (χ2v) is 5.82. The summed E-state index contributed by atoms with van der Waals surface area (Å²) in [6, 6.07) is 0. The smallest absolute Gasteiger partial charge is 0.222 e. The Hall–Kier alpha value is -0.900. The number of carbonyl (C=O) groups excluding carboxylic acids is 2. The van der Waals surface area contributed by atoms with Crippen LogP contribution in [0.1, 0.15) is 45.4 Å². The van der Waals surface area contributed by atoms with E-state index >= 15 is 0 Å². The van der Waals surface area contributed by atoms with Gasteiger partial charge in [0.1, 0.15) is 0 Å². The Morgan fingerprint density at radius 2 is 2.21 bits per heavy atom. The molecule has 19 heavy (non-hydrogen) atoms. The molecule has 0 aliphatic carbocycles. The molecule has 0 aromatic rings. The van der Waals surface area contributed by atoms with Gasteiger partial charge < -0.3 is 9.64 Å². The number of ketones is 1. The van der Waals surface area contributed by atoms with Crippen molar-refractivity contribution in [1.29, 1.82) is 0 Å². The highest BCUT2D eigenvalue weighted by atomic mass is 16.5. The molecule has 2 aliphatic heterocycles. The average Bonchev–Trinajstić information content (AvgIpc) is 2.88. The number of amides is 1. The summed E-state index contributed by atoms with van der Waals surface area (Å²) in [5.41, 5.74) is 0. The molecule has 2 saturated heterocycles. The predicted octanol–water partition coefficient (Wildman–Crippen LogP) is 2.02. The first-order chi connectivity index (χ1) is 9.20. The van der Waals surface area contributed by atoms with E-state index in [1.54, 1.807) is 4.90 Å². The van der Waals surface area contributed by atoms with Gasteiger partial charge in [-0.2, -0.15) is 0 Å². The van der Waals surface area contributed by atoms with E-state index in [2.05, 4.69) is 6.92 Å². The van der Waals surface area contributed by atoms with Crippen LogP contribution in [0.3, 0.4) is 0 Å². The van der Waals surface area contributed by atoms with Crippen molar-refractivity contribution >= 4 is 11.7 Å². The lowest BCUT2D eigenvalue weighted by atomic mass is 9.96. The Morgan fingerprint density at radius 3 is 2.89 bits per heavy atom. The van der Waals surface area contributed by atoms with Gasteiger partial charge in [-0.05, 0) is 25.2 Å². The first-order valence-corrected chi connectivity index (χ1v) is 7.59. The number of hydrogen-bond donors (Lipinski definition) is 0. The maximum atomic E-state index is 12.1. The number of carbonyl (C=O) groups is 2. The normalized spacial score (nSPS) is 28.5. The molecule has 1 amide bonds.